The number of nitrogens with zero attached hydrogens (tertiary/aromatic N) is 1. The Bertz CT molecular complexity index is 3150. The normalized spacial score (nSPS) is 13.1. The number of hydrogen-bond acceptors (Lipinski definition) is 3. The molecule has 12 rings (SSSR count). The largest absolute Gasteiger partial charge is 0.457 e. The number of anilines is 3. The van der Waals surface area contributed by atoms with Crippen LogP contribution >= 0.6 is 0 Å². The van der Waals surface area contributed by atoms with Crippen LogP contribution < -0.4 is 9.64 Å². The quantitative estimate of drug-likeness (QED) is 0.176. The van der Waals surface area contributed by atoms with Gasteiger partial charge in [0.25, 0.3) is 0 Å². The molecule has 1 spiro atoms. The van der Waals surface area contributed by atoms with Crippen molar-refractivity contribution in [3.05, 3.63) is 235 Å². The van der Waals surface area contributed by atoms with Gasteiger partial charge in [0.2, 0.25) is 0 Å². The van der Waals surface area contributed by atoms with Gasteiger partial charge in [-0.25, -0.2) is 0 Å². The molecule has 0 radical (unpaired) electrons. The first-order valence-electron chi connectivity index (χ1n) is 19.8. The molecule has 0 saturated carbocycles. The zero-order chi connectivity index (χ0) is 38.2. The zero-order valence-corrected chi connectivity index (χ0v) is 31.5. The molecule has 0 amide bonds. The lowest BCUT2D eigenvalue weighted by atomic mass is 9.66. The van der Waals surface area contributed by atoms with Gasteiger partial charge in [-0.1, -0.05) is 158 Å². The fourth-order valence-corrected chi connectivity index (χ4v) is 9.61. The molecule has 1 aliphatic carbocycles. The zero-order valence-electron chi connectivity index (χ0n) is 31.5. The van der Waals surface area contributed by atoms with Gasteiger partial charge in [-0.15, -0.1) is 0 Å². The van der Waals surface area contributed by atoms with Crippen LogP contribution in [0.15, 0.2) is 217 Å². The smallest absolute Gasteiger partial charge is 0.159 e. The maximum atomic E-state index is 6.62. The van der Waals surface area contributed by atoms with E-state index in [4.69, 9.17) is 9.15 Å². The van der Waals surface area contributed by atoms with Crippen LogP contribution in [0.3, 0.4) is 0 Å². The van der Waals surface area contributed by atoms with Crippen LogP contribution in [0.1, 0.15) is 22.3 Å². The first kappa shape index (κ1) is 32.6. The van der Waals surface area contributed by atoms with Gasteiger partial charge in [-0.05, 0) is 99.1 Å². The minimum absolute atomic E-state index is 0.513. The highest BCUT2D eigenvalue weighted by molar-refractivity contribution is 6.10. The Kier molecular flexibility index (Phi) is 7.14. The van der Waals surface area contributed by atoms with E-state index in [-0.39, 0.29) is 0 Å². The minimum atomic E-state index is -0.513. The number of furan rings is 1. The van der Waals surface area contributed by atoms with Crippen molar-refractivity contribution in [2.24, 2.45) is 0 Å². The fourth-order valence-electron chi connectivity index (χ4n) is 9.61. The summed E-state index contributed by atoms with van der Waals surface area (Å²) in [6, 6.07) is 76.0. The SMILES string of the molecule is c1ccc(-c2ccc(N(c3ccc(-c4ccc5c(c4)C4(c6ccccc6Oc6ccccc64)c4ccccc4-5)cc3)c3cccc4c3oc3ccccc34)cc2)cc1. The van der Waals surface area contributed by atoms with Crippen LogP contribution in [-0.2, 0) is 5.41 Å². The van der Waals surface area contributed by atoms with Gasteiger partial charge in [0.1, 0.15) is 17.1 Å². The Hall–Kier alpha value is -7.62. The van der Waals surface area contributed by atoms with E-state index in [1.165, 1.54) is 44.5 Å². The number of rotatable bonds is 5. The first-order chi connectivity index (χ1) is 28.8. The van der Waals surface area contributed by atoms with E-state index in [2.05, 4.69) is 205 Å². The Labute approximate surface area is 336 Å². The van der Waals surface area contributed by atoms with Crippen LogP contribution in [0, 0.1) is 0 Å². The molecule has 272 valence electrons. The van der Waals surface area contributed by atoms with E-state index in [0.29, 0.717) is 0 Å². The molecule has 0 N–H and O–H groups in total. The van der Waals surface area contributed by atoms with E-state index in [1.54, 1.807) is 0 Å². The molecule has 1 aromatic heterocycles. The third-order valence-corrected chi connectivity index (χ3v) is 12.2. The van der Waals surface area contributed by atoms with Crippen molar-refractivity contribution in [1.29, 1.82) is 0 Å². The first-order valence-corrected chi connectivity index (χ1v) is 19.8. The van der Waals surface area contributed by atoms with Crippen molar-refractivity contribution < 1.29 is 9.15 Å². The Morgan fingerprint density at radius 3 is 1.62 bits per heavy atom. The Morgan fingerprint density at radius 1 is 0.362 bits per heavy atom. The summed E-state index contributed by atoms with van der Waals surface area (Å²) in [6.07, 6.45) is 0. The Morgan fingerprint density at radius 2 is 0.897 bits per heavy atom. The average Bonchev–Trinajstić information content (AvgIpc) is 3.82. The number of hydrogen-bond donors (Lipinski definition) is 0. The molecular weight excluding hydrogens is 707 g/mol. The molecule has 2 heterocycles. The van der Waals surface area contributed by atoms with Crippen LogP contribution in [0.4, 0.5) is 17.1 Å². The summed E-state index contributed by atoms with van der Waals surface area (Å²) in [5, 5.41) is 2.21. The molecule has 0 bridgehead atoms. The average molecular weight is 742 g/mol. The topological polar surface area (TPSA) is 25.6 Å². The minimum Gasteiger partial charge on any atom is -0.457 e. The molecule has 2 aliphatic rings. The molecule has 0 atom stereocenters. The maximum absolute atomic E-state index is 6.62. The number of fused-ring (bicyclic) bond motifs is 12. The van der Waals surface area contributed by atoms with Crippen molar-refractivity contribution >= 4 is 39.0 Å². The molecular formula is C55H35NO2. The summed E-state index contributed by atoms with van der Waals surface area (Å²) in [5.74, 6) is 1.80. The Balaban J connectivity index is 1.01. The molecule has 3 heteroatoms. The van der Waals surface area contributed by atoms with E-state index in [9.17, 15) is 0 Å². The summed E-state index contributed by atoms with van der Waals surface area (Å²) >= 11 is 0. The van der Waals surface area contributed by atoms with Gasteiger partial charge in [-0.3, -0.25) is 0 Å². The molecule has 9 aromatic carbocycles. The van der Waals surface area contributed by atoms with Crippen molar-refractivity contribution in [3.63, 3.8) is 0 Å². The van der Waals surface area contributed by atoms with Crippen molar-refractivity contribution in [3.8, 4) is 44.9 Å². The number of para-hydroxylation sites is 4. The third kappa shape index (κ3) is 4.74. The lowest BCUT2D eigenvalue weighted by Crippen LogP contribution is -2.32. The molecule has 3 nitrogen and oxygen atoms in total. The monoisotopic (exact) mass is 741 g/mol. The van der Waals surface area contributed by atoms with Gasteiger partial charge in [0.05, 0.1) is 11.1 Å². The van der Waals surface area contributed by atoms with Gasteiger partial charge >= 0.3 is 0 Å². The summed E-state index contributed by atoms with van der Waals surface area (Å²) in [4.78, 5) is 2.31. The molecule has 10 aromatic rings. The standard InChI is InChI=1S/C55H35NO2/c1-2-13-36(14-3-1)37-25-30-40(31-26-37)56(50-21-12-17-45-44-16-5-9-22-51(44)58-54(45)50)41-32-27-38(28-33-41)39-29-34-43-42-15-4-6-18-46(42)55(49(43)35-39)47-19-7-10-23-52(47)57-53-24-11-8-20-48(53)55/h1-35H. The van der Waals surface area contributed by atoms with E-state index < -0.39 is 5.41 Å². The van der Waals surface area contributed by atoms with Gasteiger partial charge in [0, 0.05) is 33.3 Å². The summed E-state index contributed by atoms with van der Waals surface area (Å²) in [5.41, 5.74) is 16.4. The van der Waals surface area contributed by atoms with E-state index >= 15 is 0 Å². The highest BCUT2D eigenvalue weighted by Gasteiger charge is 2.51. The maximum Gasteiger partial charge on any atom is 0.159 e. The van der Waals surface area contributed by atoms with Crippen LogP contribution in [0.2, 0.25) is 0 Å². The second kappa shape index (κ2) is 12.7. The highest BCUT2D eigenvalue weighted by Crippen LogP contribution is 2.62. The van der Waals surface area contributed by atoms with Crippen molar-refractivity contribution in [2.75, 3.05) is 4.90 Å². The van der Waals surface area contributed by atoms with Crippen LogP contribution in [0.25, 0.3) is 55.3 Å². The lowest BCUT2D eigenvalue weighted by Gasteiger charge is -2.39. The predicted octanol–water partition coefficient (Wildman–Crippen LogP) is 14.9. The van der Waals surface area contributed by atoms with E-state index in [1.807, 2.05) is 12.1 Å². The fraction of sp³-hybridized carbons (Fsp3) is 0.0182. The van der Waals surface area contributed by atoms with Crippen LogP contribution in [-0.4, -0.2) is 0 Å². The molecule has 0 unspecified atom stereocenters. The summed E-state index contributed by atoms with van der Waals surface area (Å²) < 4.78 is 13.2. The van der Waals surface area contributed by atoms with Gasteiger partial charge < -0.3 is 14.1 Å². The van der Waals surface area contributed by atoms with Crippen LogP contribution in [0.5, 0.6) is 11.5 Å². The predicted molar refractivity (Wildman–Crippen MR) is 237 cm³/mol. The van der Waals surface area contributed by atoms with Gasteiger partial charge in [-0.2, -0.15) is 0 Å². The highest BCUT2D eigenvalue weighted by atomic mass is 16.5. The summed E-state index contributed by atoms with van der Waals surface area (Å²) in [7, 11) is 0. The summed E-state index contributed by atoms with van der Waals surface area (Å²) in [6.45, 7) is 0. The lowest BCUT2D eigenvalue weighted by molar-refractivity contribution is 0.436. The second-order valence-electron chi connectivity index (χ2n) is 15.2. The van der Waals surface area contributed by atoms with Crippen molar-refractivity contribution in [1.82, 2.24) is 0 Å². The number of benzene rings is 9. The van der Waals surface area contributed by atoms with Crippen molar-refractivity contribution in [2.45, 2.75) is 5.41 Å². The molecule has 0 saturated heterocycles. The van der Waals surface area contributed by atoms with E-state index in [0.717, 1.165) is 61.6 Å². The molecule has 1 aliphatic heterocycles. The third-order valence-electron chi connectivity index (χ3n) is 12.2. The molecule has 58 heavy (non-hydrogen) atoms. The second-order valence-corrected chi connectivity index (χ2v) is 15.2. The number of ether oxygens (including phenoxy) is 1. The van der Waals surface area contributed by atoms with Gasteiger partial charge in [0.15, 0.2) is 5.58 Å². The molecule has 0 fully saturated rings.